The van der Waals surface area contributed by atoms with Crippen LogP contribution in [0, 0.1) is 0 Å². The lowest BCUT2D eigenvalue weighted by Crippen LogP contribution is -2.14. The number of esters is 1. The van der Waals surface area contributed by atoms with Gasteiger partial charge in [-0.1, -0.05) is 6.07 Å². The Hall–Kier alpha value is -1.79. The molecule has 6 heteroatoms. The van der Waals surface area contributed by atoms with E-state index in [1.807, 2.05) is 0 Å². The van der Waals surface area contributed by atoms with Crippen LogP contribution in [0.3, 0.4) is 0 Å². The van der Waals surface area contributed by atoms with Gasteiger partial charge in [0.25, 0.3) is 0 Å². The van der Waals surface area contributed by atoms with Crippen LogP contribution < -0.4 is 10.5 Å². The molecule has 0 bridgehead atoms. The van der Waals surface area contributed by atoms with Crippen molar-refractivity contribution >= 4 is 11.7 Å². The standard InChI is InChI=1S/C12H17NO5/c1-16-10-4-2-3-9(13)11(10)12(15)18-8-7-17-6-5-14/h2-4,14H,5-8,13H2,1H3. The van der Waals surface area contributed by atoms with Gasteiger partial charge < -0.3 is 25.1 Å². The zero-order chi connectivity index (χ0) is 13.4. The van der Waals surface area contributed by atoms with E-state index >= 15 is 0 Å². The molecular weight excluding hydrogens is 238 g/mol. The molecule has 0 saturated carbocycles. The van der Waals surface area contributed by atoms with E-state index in [0.717, 1.165) is 0 Å². The molecule has 0 saturated heterocycles. The zero-order valence-electron chi connectivity index (χ0n) is 10.2. The van der Waals surface area contributed by atoms with E-state index in [1.165, 1.54) is 7.11 Å². The summed E-state index contributed by atoms with van der Waals surface area (Å²) in [4.78, 5) is 11.8. The first kappa shape index (κ1) is 14.3. The molecule has 0 spiro atoms. The zero-order valence-corrected chi connectivity index (χ0v) is 10.2. The summed E-state index contributed by atoms with van der Waals surface area (Å²) >= 11 is 0. The molecule has 0 fully saturated rings. The van der Waals surface area contributed by atoms with Crippen LogP contribution in [0.25, 0.3) is 0 Å². The number of nitrogen functional groups attached to an aromatic ring is 1. The number of hydrogen-bond acceptors (Lipinski definition) is 6. The number of rotatable bonds is 7. The molecule has 1 aromatic rings. The fourth-order valence-corrected chi connectivity index (χ4v) is 1.37. The minimum Gasteiger partial charge on any atom is -0.496 e. The van der Waals surface area contributed by atoms with Crippen LogP contribution in [0.1, 0.15) is 10.4 Å². The lowest BCUT2D eigenvalue weighted by Gasteiger charge is -2.10. The fraction of sp³-hybridized carbons (Fsp3) is 0.417. The number of anilines is 1. The number of methoxy groups -OCH3 is 1. The van der Waals surface area contributed by atoms with Gasteiger partial charge in [0, 0.05) is 5.69 Å². The van der Waals surface area contributed by atoms with Crippen LogP contribution in [-0.4, -0.2) is 44.6 Å². The van der Waals surface area contributed by atoms with Crippen LogP contribution in [0.2, 0.25) is 0 Å². The van der Waals surface area contributed by atoms with Crippen molar-refractivity contribution in [3.8, 4) is 5.75 Å². The highest BCUT2D eigenvalue weighted by Gasteiger charge is 2.16. The Labute approximate surface area is 105 Å². The molecule has 0 aliphatic heterocycles. The Bertz CT molecular complexity index is 394. The molecular formula is C12H17NO5. The number of benzene rings is 1. The first-order valence-electron chi connectivity index (χ1n) is 5.49. The minimum atomic E-state index is -0.558. The first-order valence-corrected chi connectivity index (χ1v) is 5.49. The highest BCUT2D eigenvalue weighted by atomic mass is 16.6. The molecule has 0 atom stereocenters. The third kappa shape index (κ3) is 3.90. The molecule has 0 unspecified atom stereocenters. The number of carbonyl (C=O) groups is 1. The van der Waals surface area contributed by atoms with Gasteiger partial charge in [-0.15, -0.1) is 0 Å². The summed E-state index contributed by atoms with van der Waals surface area (Å²) < 4.78 is 15.0. The molecule has 0 aliphatic rings. The van der Waals surface area contributed by atoms with Gasteiger partial charge in [0.15, 0.2) is 0 Å². The third-order valence-corrected chi connectivity index (χ3v) is 2.18. The number of hydrogen-bond donors (Lipinski definition) is 2. The van der Waals surface area contributed by atoms with Crippen molar-refractivity contribution in [3.05, 3.63) is 23.8 Å². The van der Waals surface area contributed by atoms with Crippen LogP contribution in [-0.2, 0) is 9.47 Å². The maximum absolute atomic E-state index is 11.8. The Balaban J connectivity index is 2.56. The molecule has 1 rings (SSSR count). The van der Waals surface area contributed by atoms with Gasteiger partial charge >= 0.3 is 5.97 Å². The summed E-state index contributed by atoms with van der Waals surface area (Å²) in [6, 6.07) is 4.92. The maximum Gasteiger partial charge on any atom is 0.344 e. The molecule has 0 aromatic heterocycles. The van der Waals surface area contributed by atoms with Crippen LogP contribution in [0.15, 0.2) is 18.2 Å². The summed E-state index contributed by atoms with van der Waals surface area (Å²) in [5, 5.41) is 8.49. The van der Waals surface area contributed by atoms with Gasteiger partial charge in [-0.2, -0.15) is 0 Å². The van der Waals surface area contributed by atoms with Gasteiger partial charge in [-0.05, 0) is 12.1 Å². The van der Waals surface area contributed by atoms with Crippen LogP contribution >= 0.6 is 0 Å². The Morgan fingerprint density at radius 2 is 2.11 bits per heavy atom. The Morgan fingerprint density at radius 1 is 1.33 bits per heavy atom. The minimum absolute atomic E-state index is 0.0621. The molecule has 0 heterocycles. The number of ether oxygens (including phenoxy) is 3. The SMILES string of the molecule is COc1cccc(N)c1C(=O)OCCOCCO. The molecule has 100 valence electrons. The summed E-state index contributed by atoms with van der Waals surface area (Å²) in [5.74, 6) is -0.186. The average molecular weight is 255 g/mol. The second-order valence-electron chi connectivity index (χ2n) is 3.40. The van der Waals surface area contributed by atoms with Crippen molar-refractivity contribution < 1.29 is 24.1 Å². The summed E-state index contributed by atoms with van der Waals surface area (Å²) in [5.41, 5.74) is 6.22. The number of aliphatic hydroxyl groups is 1. The summed E-state index contributed by atoms with van der Waals surface area (Å²) in [6.45, 7) is 0.472. The summed E-state index contributed by atoms with van der Waals surface area (Å²) in [6.07, 6.45) is 0. The topological polar surface area (TPSA) is 91.0 Å². The number of nitrogens with two attached hydrogens (primary N) is 1. The third-order valence-electron chi connectivity index (χ3n) is 2.18. The van der Waals surface area contributed by atoms with Gasteiger partial charge in [0.2, 0.25) is 0 Å². The fourth-order valence-electron chi connectivity index (χ4n) is 1.37. The van der Waals surface area contributed by atoms with E-state index in [-0.39, 0.29) is 32.0 Å². The van der Waals surface area contributed by atoms with Crippen molar-refractivity contribution in [1.29, 1.82) is 0 Å². The van der Waals surface area contributed by atoms with E-state index in [2.05, 4.69) is 0 Å². The molecule has 0 radical (unpaired) electrons. The van der Waals surface area contributed by atoms with Crippen molar-refractivity contribution in [3.63, 3.8) is 0 Å². The number of carbonyl (C=O) groups excluding carboxylic acids is 1. The molecule has 18 heavy (non-hydrogen) atoms. The smallest absolute Gasteiger partial charge is 0.344 e. The molecule has 1 aromatic carbocycles. The quantitative estimate of drug-likeness (QED) is 0.417. The highest BCUT2D eigenvalue weighted by Crippen LogP contribution is 2.24. The highest BCUT2D eigenvalue weighted by molar-refractivity contribution is 5.98. The van der Waals surface area contributed by atoms with Crippen molar-refractivity contribution in [1.82, 2.24) is 0 Å². The van der Waals surface area contributed by atoms with E-state index in [1.54, 1.807) is 18.2 Å². The summed E-state index contributed by atoms with van der Waals surface area (Å²) in [7, 11) is 1.45. The largest absolute Gasteiger partial charge is 0.496 e. The van der Waals surface area contributed by atoms with Crippen molar-refractivity contribution in [2.24, 2.45) is 0 Å². The predicted molar refractivity (Wildman–Crippen MR) is 65.6 cm³/mol. The second-order valence-corrected chi connectivity index (χ2v) is 3.40. The first-order chi connectivity index (χ1) is 8.70. The molecule has 0 amide bonds. The van der Waals surface area contributed by atoms with Crippen LogP contribution in [0.4, 0.5) is 5.69 Å². The van der Waals surface area contributed by atoms with Gasteiger partial charge in [-0.25, -0.2) is 4.79 Å². The lowest BCUT2D eigenvalue weighted by atomic mass is 10.1. The van der Waals surface area contributed by atoms with Gasteiger partial charge in [-0.3, -0.25) is 0 Å². The van der Waals surface area contributed by atoms with Gasteiger partial charge in [0.1, 0.15) is 17.9 Å². The average Bonchev–Trinajstić information content (AvgIpc) is 2.37. The molecule has 6 nitrogen and oxygen atoms in total. The van der Waals surface area contributed by atoms with E-state index in [0.29, 0.717) is 11.4 Å². The van der Waals surface area contributed by atoms with Crippen molar-refractivity contribution in [2.45, 2.75) is 0 Å². The van der Waals surface area contributed by atoms with Crippen molar-refractivity contribution in [2.75, 3.05) is 39.3 Å². The van der Waals surface area contributed by atoms with E-state index in [9.17, 15) is 4.79 Å². The predicted octanol–water partition coefficient (Wildman–Crippen LogP) is 0.443. The lowest BCUT2D eigenvalue weighted by molar-refractivity contribution is 0.0257. The van der Waals surface area contributed by atoms with Crippen LogP contribution in [0.5, 0.6) is 5.75 Å². The maximum atomic E-state index is 11.8. The molecule has 3 N–H and O–H groups in total. The number of aliphatic hydroxyl groups excluding tert-OH is 1. The normalized spacial score (nSPS) is 10.1. The van der Waals surface area contributed by atoms with Gasteiger partial charge in [0.05, 0.1) is 26.9 Å². The van der Waals surface area contributed by atoms with E-state index < -0.39 is 5.97 Å². The Morgan fingerprint density at radius 3 is 2.78 bits per heavy atom. The molecule has 0 aliphatic carbocycles. The van der Waals surface area contributed by atoms with E-state index in [4.69, 9.17) is 25.1 Å². The monoisotopic (exact) mass is 255 g/mol. The Kier molecular flexibility index (Phi) is 5.96. The second kappa shape index (κ2) is 7.52.